The number of aromatic nitrogens is 3. The molecule has 34 heavy (non-hydrogen) atoms. The first-order valence-corrected chi connectivity index (χ1v) is 12.6. The molecule has 4 rings (SSSR count). The molecule has 1 atom stereocenters. The fraction of sp³-hybridized carbons (Fsp3) is 0.240. The van der Waals surface area contributed by atoms with E-state index in [2.05, 4.69) is 33.5 Å². The number of hydrogen-bond acceptors (Lipinski definition) is 3. The van der Waals surface area contributed by atoms with Crippen LogP contribution in [0.4, 0.5) is 0 Å². The number of amides is 1. The van der Waals surface area contributed by atoms with Gasteiger partial charge in [-0.2, -0.15) is 0 Å². The number of halogens is 1. The van der Waals surface area contributed by atoms with Crippen molar-refractivity contribution in [2.45, 2.75) is 34.2 Å². The summed E-state index contributed by atoms with van der Waals surface area (Å²) in [5.41, 5.74) is 4.05. The standard InChI is InChI=1S/C23H22ClN4O3P.C2H6/c1-14-8-15(2)10-18(9-14)32(31-3)22-19-11-16(24)4-5-20(19)27-21(22)23(29)26-12-17-13-28(30)7-6-25-17;1-2/h4-11,13H,12H2,1-3H3,(H2-,25,26,27,29,30);1-2H3/p+1. The van der Waals surface area contributed by atoms with E-state index in [4.69, 9.17) is 16.1 Å². The fourth-order valence-electron chi connectivity index (χ4n) is 3.73. The van der Waals surface area contributed by atoms with E-state index in [0.717, 1.165) is 32.6 Å². The maximum atomic E-state index is 13.2. The van der Waals surface area contributed by atoms with Crippen LogP contribution in [-0.4, -0.2) is 23.0 Å². The Morgan fingerprint density at radius 1 is 1.15 bits per heavy atom. The molecule has 7 nitrogen and oxygen atoms in total. The van der Waals surface area contributed by atoms with Gasteiger partial charge >= 0.3 is 0 Å². The van der Waals surface area contributed by atoms with Crippen molar-refractivity contribution in [1.29, 1.82) is 0 Å². The van der Waals surface area contributed by atoms with Gasteiger partial charge in [0.25, 0.3) is 5.91 Å². The van der Waals surface area contributed by atoms with Crippen molar-refractivity contribution in [1.82, 2.24) is 15.3 Å². The van der Waals surface area contributed by atoms with E-state index in [-0.39, 0.29) is 12.5 Å². The predicted molar refractivity (Wildman–Crippen MR) is 139 cm³/mol. The smallest absolute Gasteiger partial charge is 0.268 e. The lowest BCUT2D eigenvalue weighted by Gasteiger charge is -2.18. The summed E-state index contributed by atoms with van der Waals surface area (Å²) in [6, 6.07) is 11.8. The molecule has 0 bridgehead atoms. The second kappa shape index (κ2) is 11.4. The highest BCUT2D eigenvalue weighted by atomic mass is 35.5. The molecule has 0 aliphatic heterocycles. The van der Waals surface area contributed by atoms with Gasteiger partial charge in [-0.15, -0.1) is 0 Å². The van der Waals surface area contributed by atoms with Crippen LogP contribution < -0.4 is 20.4 Å². The molecule has 0 aliphatic carbocycles. The summed E-state index contributed by atoms with van der Waals surface area (Å²) >= 11 is 6.30. The van der Waals surface area contributed by atoms with Crippen LogP contribution in [0.5, 0.6) is 0 Å². The van der Waals surface area contributed by atoms with Crippen molar-refractivity contribution in [3.63, 3.8) is 0 Å². The summed E-state index contributed by atoms with van der Waals surface area (Å²) in [6.45, 7) is 8.25. The SMILES string of the molecule is CC.COP(c1cc(C)cc(C)c1)c1c(C(=O)NCc2c[n+](=O)cc[nH]2)[nH]c2ccc(Cl)cc12. The average molecular weight is 500 g/mol. The van der Waals surface area contributed by atoms with Gasteiger partial charge in [-0.1, -0.05) is 42.6 Å². The summed E-state index contributed by atoms with van der Waals surface area (Å²) in [6.07, 6.45) is 4.25. The highest BCUT2D eigenvalue weighted by Gasteiger charge is 2.27. The third-order valence-corrected chi connectivity index (χ3v) is 7.20. The van der Waals surface area contributed by atoms with Crippen molar-refractivity contribution < 1.29 is 13.7 Å². The third kappa shape index (κ3) is 5.73. The van der Waals surface area contributed by atoms with Gasteiger partial charge in [0.15, 0.2) is 0 Å². The van der Waals surface area contributed by atoms with Crippen LogP contribution in [-0.2, 0) is 11.1 Å². The molecule has 0 saturated carbocycles. The number of hydrogen-bond donors (Lipinski definition) is 3. The zero-order valence-electron chi connectivity index (χ0n) is 19.9. The molecule has 0 aliphatic rings. The molecule has 0 saturated heterocycles. The monoisotopic (exact) mass is 499 g/mol. The molecule has 1 amide bonds. The van der Waals surface area contributed by atoms with Gasteiger partial charge < -0.3 is 19.8 Å². The Balaban J connectivity index is 0.00000158. The highest BCUT2D eigenvalue weighted by Crippen LogP contribution is 2.39. The second-order valence-corrected chi connectivity index (χ2v) is 9.87. The molecule has 178 valence electrons. The largest absolute Gasteiger partial charge is 0.353 e. The van der Waals surface area contributed by atoms with Crippen LogP contribution in [0.2, 0.25) is 5.02 Å². The Kier molecular flexibility index (Phi) is 8.61. The molecule has 0 spiro atoms. The molecule has 0 radical (unpaired) electrons. The maximum absolute atomic E-state index is 13.2. The number of benzene rings is 2. The van der Waals surface area contributed by atoms with Crippen LogP contribution in [0.1, 0.15) is 41.2 Å². The third-order valence-electron chi connectivity index (χ3n) is 5.00. The molecule has 1 unspecified atom stereocenters. The minimum absolute atomic E-state index is 0.173. The number of H-pyrrole nitrogens is 2. The molecular weight excluding hydrogens is 471 g/mol. The summed E-state index contributed by atoms with van der Waals surface area (Å²) in [7, 11) is 0.361. The van der Waals surface area contributed by atoms with Gasteiger partial charge in [0.1, 0.15) is 11.4 Å². The van der Waals surface area contributed by atoms with E-state index in [1.54, 1.807) is 13.2 Å². The molecule has 4 aromatic rings. The molecule has 2 aromatic heterocycles. The van der Waals surface area contributed by atoms with Crippen LogP contribution in [0.3, 0.4) is 0 Å². The highest BCUT2D eigenvalue weighted by molar-refractivity contribution is 7.69. The summed E-state index contributed by atoms with van der Waals surface area (Å²) in [5.74, 6) is -0.295. The van der Waals surface area contributed by atoms with E-state index in [9.17, 15) is 9.70 Å². The quantitative estimate of drug-likeness (QED) is 0.267. The van der Waals surface area contributed by atoms with E-state index < -0.39 is 8.15 Å². The number of aromatic amines is 2. The number of carbonyl (C=O) groups excluding carboxylic acids is 1. The number of carbonyl (C=O) groups is 1. The van der Waals surface area contributed by atoms with Gasteiger partial charge in [0, 0.05) is 38.6 Å². The maximum Gasteiger partial charge on any atom is 0.268 e. The van der Waals surface area contributed by atoms with Gasteiger partial charge in [0.2, 0.25) is 12.4 Å². The zero-order valence-corrected chi connectivity index (χ0v) is 21.6. The minimum atomic E-state index is -1.29. The fourth-order valence-corrected chi connectivity index (χ4v) is 5.96. The molecule has 0 fully saturated rings. The Hall–Kier alpha value is -2.99. The summed E-state index contributed by atoms with van der Waals surface area (Å²) in [4.78, 5) is 30.9. The van der Waals surface area contributed by atoms with Crippen LogP contribution >= 0.6 is 19.7 Å². The minimum Gasteiger partial charge on any atom is -0.353 e. The van der Waals surface area contributed by atoms with Crippen LogP contribution in [0.25, 0.3) is 10.9 Å². The normalized spacial score (nSPS) is 11.6. The summed E-state index contributed by atoms with van der Waals surface area (Å²) in [5, 5.41) is 6.09. The Bertz CT molecular complexity index is 1350. The Morgan fingerprint density at radius 3 is 2.50 bits per heavy atom. The van der Waals surface area contributed by atoms with Gasteiger partial charge in [-0.25, -0.2) is 0 Å². The van der Waals surface area contributed by atoms with Gasteiger partial charge in [-0.05, 0) is 44.2 Å². The second-order valence-electron chi connectivity index (χ2n) is 7.52. The molecule has 3 N–H and O–H groups in total. The number of fused-ring (bicyclic) bond motifs is 1. The van der Waals surface area contributed by atoms with Crippen molar-refractivity contribution in [3.8, 4) is 0 Å². The zero-order chi connectivity index (χ0) is 24.8. The van der Waals surface area contributed by atoms with Crippen LogP contribution in [0, 0.1) is 18.8 Å². The molecular formula is C25H29ClN4O3P+. The first kappa shape index (κ1) is 25.6. The average Bonchev–Trinajstić information content (AvgIpc) is 3.17. The lowest BCUT2D eigenvalue weighted by atomic mass is 10.2. The lowest BCUT2D eigenvalue weighted by Crippen LogP contribution is -2.30. The van der Waals surface area contributed by atoms with Crippen molar-refractivity contribution in [3.05, 3.63) is 87.4 Å². The van der Waals surface area contributed by atoms with Crippen molar-refractivity contribution in [2.24, 2.45) is 0 Å². The number of nitrogens with one attached hydrogen (secondary N) is 3. The number of nitrogens with zero attached hydrogens (tertiary/aromatic N) is 1. The molecule has 2 aromatic carbocycles. The van der Waals surface area contributed by atoms with E-state index >= 15 is 0 Å². The summed E-state index contributed by atoms with van der Waals surface area (Å²) < 4.78 is 6.66. The first-order chi connectivity index (χ1) is 16.4. The molecule has 2 heterocycles. The van der Waals surface area contributed by atoms with E-state index in [1.165, 1.54) is 18.6 Å². The van der Waals surface area contributed by atoms with Crippen molar-refractivity contribution >= 4 is 47.2 Å². The van der Waals surface area contributed by atoms with Gasteiger partial charge in [-0.3, -0.25) is 4.79 Å². The number of aryl methyl sites for hydroxylation is 2. The Labute approximate surface area is 205 Å². The van der Waals surface area contributed by atoms with Crippen molar-refractivity contribution in [2.75, 3.05) is 7.11 Å². The number of rotatable bonds is 6. The van der Waals surface area contributed by atoms with E-state index in [1.807, 2.05) is 39.8 Å². The van der Waals surface area contributed by atoms with Gasteiger partial charge in [0.05, 0.1) is 25.3 Å². The Morgan fingerprint density at radius 2 is 1.85 bits per heavy atom. The molecule has 9 heteroatoms. The van der Waals surface area contributed by atoms with Crippen LogP contribution in [0.15, 0.2) is 55.0 Å². The predicted octanol–water partition coefficient (Wildman–Crippen LogP) is 4.63. The van der Waals surface area contributed by atoms with E-state index in [0.29, 0.717) is 20.8 Å². The topological polar surface area (TPSA) is 92.9 Å². The lowest BCUT2D eigenvalue weighted by molar-refractivity contribution is -0.495. The first-order valence-electron chi connectivity index (χ1n) is 11.0.